The third kappa shape index (κ3) is 5.20. The van der Waals surface area contributed by atoms with Crippen molar-refractivity contribution < 1.29 is 24.2 Å². The van der Waals surface area contributed by atoms with Crippen LogP contribution in [-0.2, 0) is 20.7 Å². The minimum absolute atomic E-state index is 0.193. The summed E-state index contributed by atoms with van der Waals surface area (Å²) in [5.41, 5.74) is 1.18. The van der Waals surface area contributed by atoms with Gasteiger partial charge in [0, 0.05) is 11.0 Å². The first-order chi connectivity index (χ1) is 12.1. The summed E-state index contributed by atoms with van der Waals surface area (Å²) in [6.45, 7) is 5.35. The van der Waals surface area contributed by atoms with Gasteiger partial charge in [-0.1, -0.05) is 28.1 Å². The summed E-state index contributed by atoms with van der Waals surface area (Å²) in [7, 11) is 0. The van der Waals surface area contributed by atoms with E-state index in [-0.39, 0.29) is 18.9 Å². The fourth-order valence-corrected chi connectivity index (χ4v) is 3.53. The van der Waals surface area contributed by atoms with Gasteiger partial charge in [0.15, 0.2) is 0 Å². The van der Waals surface area contributed by atoms with E-state index in [0.29, 0.717) is 13.0 Å². The standard InChI is InChI=1S/C18H23BrN2O5/c1-18(2,3)26-17(25)20-10-15(22)21-8-7-11-12(5-4-6-13(11)19)14(21)9-16(23)24/h4-6,14H,7-10H2,1-3H3,(H,20,25)(H,23,24). The van der Waals surface area contributed by atoms with E-state index < -0.39 is 23.7 Å². The molecule has 142 valence electrons. The highest BCUT2D eigenvalue weighted by molar-refractivity contribution is 9.10. The summed E-state index contributed by atoms with van der Waals surface area (Å²) in [6.07, 6.45) is -0.257. The second-order valence-electron chi connectivity index (χ2n) is 7.11. The molecule has 1 aromatic rings. The van der Waals surface area contributed by atoms with Gasteiger partial charge in [-0.3, -0.25) is 9.59 Å². The number of nitrogens with one attached hydrogen (secondary N) is 1. The third-order valence-corrected chi connectivity index (χ3v) is 4.71. The number of carbonyl (C=O) groups is 3. The maximum absolute atomic E-state index is 12.6. The molecule has 0 fully saturated rings. The van der Waals surface area contributed by atoms with Crippen molar-refractivity contribution >= 4 is 33.9 Å². The maximum Gasteiger partial charge on any atom is 0.408 e. The van der Waals surface area contributed by atoms with Crippen LogP contribution >= 0.6 is 15.9 Å². The van der Waals surface area contributed by atoms with E-state index in [0.717, 1.165) is 15.6 Å². The first kappa shape index (κ1) is 20.2. The van der Waals surface area contributed by atoms with Crippen LogP contribution in [-0.4, -0.2) is 46.7 Å². The summed E-state index contributed by atoms with van der Waals surface area (Å²) in [6, 6.07) is 5.00. The predicted molar refractivity (Wildman–Crippen MR) is 98.8 cm³/mol. The van der Waals surface area contributed by atoms with Crippen LogP contribution in [0.25, 0.3) is 0 Å². The van der Waals surface area contributed by atoms with E-state index in [9.17, 15) is 19.5 Å². The first-order valence-electron chi connectivity index (χ1n) is 8.34. The molecule has 0 spiro atoms. The number of fused-ring (bicyclic) bond motifs is 1. The average Bonchev–Trinajstić information content (AvgIpc) is 2.51. The molecule has 0 bridgehead atoms. The van der Waals surface area contributed by atoms with Crippen molar-refractivity contribution in [3.8, 4) is 0 Å². The lowest BCUT2D eigenvalue weighted by atomic mass is 9.90. The quantitative estimate of drug-likeness (QED) is 0.771. The van der Waals surface area contributed by atoms with Gasteiger partial charge in [0.25, 0.3) is 0 Å². The van der Waals surface area contributed by atoms with Crippen molar-refractivity contribution in [1.29, 1.82) is 0 Å². The molecule has 7 nitrogen and oxygen atoms in total. The van der Waals surface area contributed by atoms with Crippen LogP contribution < -0.4 is 5.32 Å². The maximum atomic E-state index is 12.6. The summed E-state index contributed by atoms with van der Waals surface area (Å²) in [5.74, 6) is -1.33. The van der Waals surface area contributed by atoms with Gasteiger partial charge in [0.2, 0.25) is 5.91 Å². The Morgan fingerprint density at radius 2 is 2.04 bits per heavy atom. The van der Waals surface area contributed by atoms with Gasteiger partial charge in [0.05, 0.1) is 12.5 Å². The predicted octanol–water partition coefficient (Wildman–Crippen LogP) is 2.87. The molecule has 2 rings (SSSR count). The molecule has 1 unspecified atom stereocenters. The van der Waals surface area contributed by atoms with E-state index in [1.54, 1.807) is 20.8 Å². The number of rotatable bonds is 4. The number of carbonyl (C=O) groups excluding carboxylic acids is 2. The number of ether oxygens (including phenoxy) is 1. The molecule has 0 radical (unpaired) electrons. The molecule has 2 N–H and O–H groups in total. The lowest BCUT2D eigenvalue weighted by Gasteiger charge is -2.37. The van der Waals surface area contributed by atoms with Crippen molar-refractivity contribution in [3.63, 3.8) is 0 Å². The van der Waals surface area contributed by atoms with Crippen molar-refractivity contribution in [2.24, 2.45) is 0 Å². The molecule has 1 aliphatic rings. The Hall–Kier alpha value is -2.09. The van der Waals surface area contributed by atoms with Crippen LogP contribution in [0, 0.1) is 0 Å². The molecule has 1 aromatic carbocycles. The number of alkyl carbamates (subject to hydrolysis) is 1. The largest absolute Gasteiger partial charge is 0.481 e. The zero-order valence-electron chi connectivity index (χ0n) is 15.0. The number of carboxylic acids is 1. The Bertz CT molecular complexity index is 714. The van der Waals surface area contributed by atoms with Gasteiger partial charge in [-0.15, -0.1) is 0 Å². The van der Waals surface area contributed by atoms with Crippen molar-refractivity contribution in [3.05, 3.63) is 33.8 Å². The van der Waals surface area contributed by atoms with Crippen molar-refractivity contribution in [2.75, 3.05) is 13.1 Å². The van der Waals surface area contributed by atoms with Gasteiger partial charge >= 0.3 is 12.1 Å². The highest BCUT2D eigenvalue weighted by Crippen LogP contribution is 2.35. The molecule has 0 aliphatic carbocycles. The van der Waals surface area contributed by atoms with E-state index in [4.69, 9.17) is 4.74 Å². The lowest BCUT2D eigenvalue weighted by molar-refractivity contribution is -0.141. The first-order valence-corrected chi connectivity index (χ1v) is 9.13. The number of hydrogen-bond acceptors (Lipinski definition) is 4. The Kier molecular flexibility index (Phi) is 6.28. The minimum Gasteiger partial charge on any atom is -0.481 e. The molecule has 1 aliphatic heterocycles. The highest BCUT2D eigenvalue weighted by atomic mass is 79.9. The second kappa shape index (κ2) is 8.07. The number of benzene rings is 1. The number of nitrogens with zero attached hydrogens (tertiary/aromatic N) is 1. The van der Waals surface area contributed by atoms with E-state index in [1.807, 2.05) is 18.2 Å². The van der Waals surface area contributed by atoms with Crippen LogP contribution in [0.4, 0.5) is 4.79 Å². The normalized spacial score (nSPS) is 16.6. The Balaban J connectivity index is 2.13. The molecule has 8 heteroatoms. The number of amides is 2. The molecule has 26 heavy (non-hydrogen) atoms. The smallest absolute Gasteiger partial charge is 0.408 e. The Morgan fingerprint density at radius 3 is 2.65 bits per heavy atom. The Morgan fingerprint density at radius 1 is 1.35 bits per heavy atom. The Labute approximate surface area is 160 Å². The molecule has 0 saturated heterocycles. The summed E-state index contributed by atoms with van der Waals surface area (Å²) >= 11 is 3.49. The molecule has 0 saturated carbocycles. The minimum atomic E-state index is -0.985. The van der Waals surface area contributed by atoms with Crippen LogP contribution in [0.5, 0.6) is 0 Å². The average molecular weight is 427 g/mol. The second-order valence-corrected chi connectivity index (χ2v) is 7.97. The molecular formula is C18H23BrN2O5. The highest BCUT2D eigenvalue weighted by Gasteiger charge is 2.33. The van der Waals surface area contributed by atoms with E-state index >= 15 is 0 Å². The van der Waals surface area contributed by atoms with Crippen molar-refractivity contribution in [1.82, 2.24) is 10.2 Å². The van der Waals surface area contributed by atoms with Crippen LogP contribution in [0.2, 0.25) is 0 Å². The topological polar surface area (TPSA) is 95.9 Å². The lowest BCUT2D eigenvalue weighted by Crippen LogP contribution is -2.46. The SMILES string of the molecule is CC(C)(C)OC(=O)NCC(=O)N1CCc2c(Br)cccc2C1CC(=O)O. The zero-order valence-corrected chi connectivity index (χ0v) is 16.6. The zero-order chi connectivity index (χ0) is 19.5. The van der Waals surface area contributed by atoms with Gasteiger partial charge in [-0.05, 0) is 44.4 Å². The summed E-state index contributed by atoms with van der Waals surface area (Å²) in [5, 5.41) is 11.7. The van der Waals surface area contributed by atoms with Gasteiger partial charge < -0.3 is 20.1 Å². The van der Waals surface area contributed by atoms with Crippen molar-refractivity contribution in [2.45, 2.75) is 45.3 Å². The van der Waals surface area contributed by atoms with Crippen LogP contribution in [0.3, 0.4) is 0 Å². The number of aliphatic carboxylic acids is 1. The molecule has 1 heterocycles. The molecule has 2 amide bonds. The van der Waals surface area contributed by atoms with E-state index in [2.05, 4.69) is 21.2 Å². The number of carboxylic acid groups (broad SMARTS) is 1. The van der Waals surface area contributed by atoms with Crippen LogP contribution in [0.15, 0.2) is 22.7 Å². The summed E-state index contributed by atoms with van der Waals surface area (Å²) < 4.78 is 6.02. The third-order valence-electron chi connectivity index (χ3n) is 3.96. The van der Waals surface area contributed by atoms with Gasteiger partial charge in [0.1, 0.15) is 12.1 Å². The van der Waals surface area contributed by atoms with Gasteiger partial charge in [-0.2, -0.15) is 0 Å². The summed E-state index contributed by atoms with van der Waals surface area (Å²) in [4.78, 5) is 37.2. The van der Waals surface area contributed by atoms with E-state index in [1.165, 1.54) is 4.90 Å². The number of halogens is 1. The van der Waals surface area contributed by atoms with Crippen LogP contribution in [0.1, 0.15) is 44.4 Å². The fourth-order valence-electron chi connectivity index (χ4n) is 2.95. The fraction of sp³-hybridized carbons (Fsp3) is 0.500. The number of hydrogen-bond donors (Lipinski definition) is 2. The molecule has 0 aromatic heterocycles. The molecular weight excluding hydrogens is 404 g/mol. The van der Waals surface area contributed by atoms with Gasteiger partial charge in [-0.25, -0.2) is 4.79 Å². The molecule has 1 atom stereocenters. The monoisotopic (exact) mass is 426 g/mol.